The quantitative estimate of drug-likeness (QED) is 0.559. The van der Waals surface area contributed by atoms with Crippen LogP contribution in [-0.2, 0) is 11.9 Å². The topological polar surface area (TPSA) is 0 Å². The molecule has 94 valence electrons. The van der Waals surface area contributed by atoms with Crippen LogP contribution in [0.2, 0.25) is 0 Å². The summed E-state index contributed by atoms with van der Waals surface area (Å²) in [7, 11) is -1.70. The predicted molar refractivity (Wildman–Crippen MR) is 61.7 cm³/mol. The normalized spacial score (nSPS) is 12.6. The Morgan fingerprint density at radius 1 is 1.18 bits per heavy atom. The lowest BCUT2D eigenvalue weighted by Gasteiger charge is -1.98. The van der Waals surface area contributed by atoms with Crippen LogP contribution in [0.5, 0.6) is 0 Å². The molecule has 1 aromatic carbocycles. The third kappa shape index (κ3) is 2.93. The number of halogens is 4. The van der Waals surface area contributed by atoms with Crippen LogP contribution in [0.4, 0.5) is 13.2 Å². The third-order valence-corrected chi connectivity index (χ3v) is 4.57. The molecule has 2 rings (SSSR count). The summed E-state index contributed by atoms with van der Waals surface area (Å²) in [5, 5.41) is 0.728. The van der Waals surface area contributed by atoms with E-state index >= 15 is 0 Å². The van der Waals surface area contributed by atoms with Crippen LogP contribution in [-0.4, -0.2) is 0 Å². The SMILES string of the molecule is CCCc1cc2ccccc2[s+]1C(F)(F)F.[I-]. The first kappa shape index (κ1) is 14.8. The average molecular weight is 372 g/mol. The van der Waals surface area contributed by atoms with Crippen molar-refractivity contribution in [3.05, 3.63) is 35.2 Å². The van der Waals surface area contributed by atoms with Crippen molar-refractivity contribution < 1.29 is 37.1 Å². The Bertz CT molecular complexity index is 502. The Balaban J connectivity index is 0.00000144. The first-order valence-electron chi connectivity index (χ1n) is 5.14. The lowest BCUT2D eigenvalue weighted by molar-refractivity contribution is -0.0867. The van der Waals surface area contributed by atoms with Gasteiger partial charge in [-0.1, -0.05) is 19.1 Å². The van der Waals surface area contributed by atoms with E-state index in [9.17, 15) is 13.2 Å². The number of aryl methyl sites for hydroxylation is 1. The zero-order valence-electron chi connectivity index (χ0n) is 9.22. The summed E-state index contributed by atoms with van der Waals surface area (Å²) in [5.74, 6) is 0. The van der Waals surface area contributed by atoms with E-state index in [2.05, 4.69) is 0 Å². The van der Waals surface area contributed by atoms with E-state index in [1.54, 1.807) is 30.3 Å². The molecule has 0 aliphatic rings. The molecule has 1 unspecified atom stereocenters. The van der Waals surface area contributed by atoms with E-state index in [1.165, 1.54) is 0 Å². The smallest absolute Gasteiger partial charge is 0.600 e. The molecule has 0 bridgehead atoms. The van der Waals surface area contributed by atoms with Crippen molar-refractivity contribution in [2.75, 3.05) is 0 Å². The minimum absolute atomic E-state index is 0. The van der Waals surface area contributed by atoms with Gasteiger partial charge in [-0.15, -0.1) is 13.2 Å². The van der Waals surface area contributed by atoms with Crippen LogP contribution in [0.15, 0.2) is 30.3 Å². The average Bonchev–Trinajstić information content (AvgIpc) is 2.55. The van der Waals surface area contributed by atoms with E-state index < -0.39 is 16.0 Å². The summed E-state index contributed by atoms with van der Waals surface area (Å²) in [4.78, 5) is 0.524. The zero-order valence-corrected chi connectivity index (χ0v) is 12.2. The molecule has 0 aliphatic heterocycles. The van der Waals surface area contributed by atoms with Gasteiger partial charge < -0.3 is 24.0 Å². The van der Waals surface area contributed by atoms with E-state index in [-0.39, 0.29) is 24.0 Å². The summed E-state index contributed by atoms with van der Waals surface area (Å²) in [6, 6.07) is 8.50. The Kier molecular flexibility index (Phi) is 4.83. The molecule has 2 aromatic rings. The van der Waals surface area contributed by atoms with Gasteiger partial charge in [-0.25, -0.2) is 0 Å². The number of alkyl halides is 3. The van der Waals surface area contributed by atoms with Crippen LogP contribution in [0.3, 0.4) is 0 Å². The van der Waals surface area contributed by atoms with Crippen molar-refractivity contribution in [1.82, 2.24) is 0 Å². The molecular weight excluding hydrogens is 360 g/mol. The number of hydrogen-bond donors (Lipinski definition) is 0. The highest BCUT2D eigenvalue weighted by Gasteiger charge is 2.47. The minimum atomic E-state index is -4.15. The van der Waals surface area contributed by atoms with Gasteiger partial charge in [-0.3, -0.25) is 0 Å². The molecule has 0 aliphatic carbocycles. The fourth-order valence-corrected chi connectivity index (χ4v) is 3.91. The Labute approximate surface area is 118 Å². The van der Waals surface area contributed by atoms with Crippen LogP contribution in [0.25, 0.3) is 10.1 Å². The highest BCUT2D eigenvalue weighted by atomic mass is 127. The van der Waals surface area contributed by atoms with E-state index in [1.807, 2.05) is 6.92 Å². The molecule has 0 spiro atoms. The summed E-state index contributed by atoms with van der Waals surface area (Å²) < 4.78 is 39.4. The molecule has 0 saturated carbocycles. The number of hydrogen-bond acceptors (Lipinski definition) is 0. The molecule has 1 heterocycles. The largest absolute Gasteiger partial charge is 1.00 e. The van der Waals surface area contributed by atoms with Crippen molar-refractivity contribution in [3.8, 4) is 0 Å². The number of thiophene rings is 1. The summed E-state index contributed by atoms with van der Waals surface area (Å²) in [5.41, 5.74) is -4.15. The number of fused-ring (bicyclic) bond motifs is 1. The maximum absolute atomic E-state index is 13.0. The maximum atomic E-state index is 13.0. The standard InChI is InChI=1S/C12H12F3S.HI/c1-2-5-10-8-9-6-3-4-7-11(9)16(10)12(13,14)15;/h3-4,6-8H,2,5H2,1H3;1H/q+1;/p-1. The molecule has 0 N–H and O–H groups in total. The molecule has 0 fully saturated rings. The molecule has 0 nitrogen and oxygen atoms in total. The molecule has 1 atom stereocenters. The van der Waals surface area contributed by atoms with Gasteiger partial charge in [0.05, 0.1) is 10.5 Å². The van der Waals surface area contributed by atoms with Crippen molar-refractivity contribution in [2.24, 2.45) is 0 Å². The third-order valence-electron chi connectivity index (χ3n) is 2.45. The highest BCUT2D eigenvalue weighted by Crippen LogP contribution is 2.50. The molecule has 0 saturated heterocycles. The van der Waals surface area contributed by atoms with Crippen molar-refractivity contribution in [2.45, 2.75) is 25.3 Å². The first-order chi connectivity index (χ1) is 7.54. The zero-order chi connectivity index (χ0) is 11.8. The van der Waals surface area contributed by atoms with Gasteiger partial charge in [0.25, 0.3) is 0 Å². The minimum Gasteiger partial charge on any atom is -1.00 e. The second-order valence-electron chi connectivity index (χ2n) is 3.65. The fraction of sp³-hybridized carbons (Fsp3) is 0.333. The highest BCUT2D eigenvalue weighted by molar-refractivity contribution is 7.38. The molecule has 5 heteroatoms. The van der Waals surface area contributed by atoms with Gasteiger partial charge in [0, 0.05) is 17.9 Å². The fourth-order valence-electron chi connectivity index (χ4n) is 1.85. The van der Waals surface area contributed by atoms with Crippen molar-refractivity contribution >= 4 is 20.6 Å². The molecular formula is C12H12F3IS. The number of benzene rings is 1. The van der Waals surface area contributed by atoms with Crippen molar-refractivity contribution in [3.63, 3.8) is 0 Å². The Morgan fingerprint density at radius 3 is 2.41 bits per heavy atom. The van der Waals surface area contributed by atoms with Gasteiger partial charge in [0.15, 0.2) is 9.58 Å². The van der Waals surface area contributed by atoms with Crippen LogP contribution in [0.1, 0.15) is 18.2 Å². The summed E-state index contributed by atoms with van der Waals surface area (Å²) in [6.07, 6.45) is 1.27. The van der Waals surface area contributed by atoms with Gasteiger partial charge in [0.2, 0.25) is 0 Å². The summed E-state index contributed by atoms with van der Waals surface area (Å²) in [6.45, 7) is 1.90. The Morgan fingerprint density at radius 2 is 1.82 bits per heavy atom. The monoisotopic (exact) mass is 372 g/mol. The van der Waals surface area contributed by atoms with Gasteiger partial charge >= 0.3 is 5.51 Å². The lowest BCUT2D eigenvalue weighted by Crippen LogP contribution is -3.00. The van der Waals surface area contributed by atoms with Crippen molar-refractivity contribution in [1.29, 1.82) is 0 Å². The van der Waals surface area contributed by atoms with E-state index in [0.717, 1.165) is 11.8 Å². The van der Waals surface area contributed by atoms with E-state index in [4.69, 9.17) is 0 Å². The Hall–Kier alpha value is -0.300. The first-order valence-corrected chi connectivity index (χ1v) is 6.37. The lowest BCUT2D eigenvalue weighted by atomic mass is 10.2. The predicted octanol–water partition coefficient (Wildman–Crippen LogP) is 2.02. The molecule has 17 heavy (non-hydrogen) atoms. The second kappa shape index (κ2) is 5.56. The van der Waals surface area contributed by atoms with Crippen LogP contribution >= 0.6 is 10.5 Å². The van der Waals surface area contributed by atoms with Crippen LogP contribution < -0.4 is 24.0 Å². The summed E-state index contributed by atoms with van der Waals surface area (Å²) >= 11 is 0. The van der Waals surface area contributed by atoms with Crippen LogP contribution in [0, 0.1) is 0 Å². The van der Waals surface area contributed by atoms with Gasteiger partial charge in [-0.05, 0) is 18.6 Å². The number of rotatable bonds is 2. The molecule has 0 radical (unpaired) electrons. The molecule has 1 aromatic heterocycles. The molecule has 0 amide bonds. The second-order valence-corrected chi connectivity index (χ2v) is 5.69. The maximum Gasteiger partial charge on any atom is 0.600 e. The van der Waals surface area contributed by atoms with E-state index in [0.29, 0.717) is 16.0 Å². The van der Waals surface area contributed by atoms with Gasteiger partial charge in [-0.2, -0.15) is 0 Å². The van der Waals surface area contributed by atoms with Gasteiger partial charge in [0.1, 0.15) is 0 Å².